The molecule has 1 heterocycles. The Morgan fingerprint density at radius 2 is 2.05 bits per heavy atom. The topological polar surface area (TPSA) is 32.3 Å². The molecule has 1 aliphatic heterocycles. The number of aryl methyl sites for hydroxylation is 1. The van der Waals surface area contributed by atoms with Crippen LogP contribution < -0.4 is 10.2 Å². The zero-order chi connectivity index (χ0) is 13.7. The van der Waals surface area contributed by atoms with Gasteiger partial charge in [-0.25, -0.2) is 0 Å². The van der Waals surface area contributed by atoms with Gasteiger partial charge in [-0.05, 0) is 31.0 Å². The van der Waals surface area contributed by atoms with Crippen LogP contribution in [0.25, 0.3) is 0 Å². The average Bonchev–Trinajstić information content (AvgIpc) is 2.42. The molecule has 0 fully saturated rings. The minimum Gasteiger partial charge on any atom is -0.312 e. The maximum atomic E-state index is 12.2. The summed E-state index contributed by atoms with van der Waals surface area (Å²) in [5.74, 6) is 0.262. The predicted molar refractivity (Wildman–Crippen MR) is 79.5 cm³/mol. The molecule has 3 nitrogen and oxygen atoms in total. The molecule has 19 heavy (non-hydrogen) atoms. The first-order chi connectivity index (χ1) is 9.26. The van der Waals surface area contributed by atoms with Gasteiger partial charge in [0.05, 0.1) is 0 Å². The molecule has 1 aromatic carbocycles. The quantitative estimate of drug-likeness (QED) is 0.853. The van der Waals surface area contributed by atoms with Gasteiger partial charge in [0, 0.05) is 24.7 Å². The number of hydrogen-bond acceptors (Lipinski definition) is 2. The molecule has 1 unspecified atom stereocenters. The highest BCUT2D eigenvalue weighted by Gasteiger charge is 2.25. The monoisotopic (exact) mass is 260 g/mol. The first-order valence-electron chi connectivity index (χ1n) is 7.37. The van der Waals surface area contributed by atoms with E-state index in [9.17, 15) is 4.79 Å². The van der Waals surface area contributed by atoms with Gasteiger partial charge in [-0.3, -0.25) is 4.79 Å². The third-order valence-corrected chi connectivity index (χ3v) is 3.72. The lowest BCUT2D eigenvalue weighted by Gasteiger charge is -2.32. The molecule has 0 saturated carbocycles. The summed E-state index contributed by atoms with van der Waals surface area (Å²) in [5, 5.41) is 3.49. The van der Waals surface area contributed by atoms with E-state index in [1.54, 1.807) is 0 Å². The Hall–Kier alpha value is -1.35. The van der Waals surface area contributed by atoms with E-state index in [1.807, 2.05) is 11.0 Å². The van der Waals surface area contributed by atoms with Crippen molar-refractivity contribution in [2.45, 2.75) is 45.6 Å². The lowest BCUT2D eigenvalue weighted by Crippen LogP contribution is -2.45. The molecule has 1 N–H and O–H groups in total. The van der Waals surface area contributed by atoms with E-state index in [1.165, 1.54) is 5.56 Å². The summed E-state index contributed by atoms with van der Waals surface area (Å²) in [6.45, 7) is 6.05. The number of nitrogens with zero attached hydrogens (tertiary/aromatic N) is 1. The van der Waals surface area contributed by atoms with Crippen LogP contribution in [-0.2, 0) is 11.2 Å². The van der Waals surface area contributed by atoms with Gasteiger partial charge in [0.2, 0.25) is 5.91 Å². The van der Waals surface area contributed by atoms with E-state index >= 15 is 0 Å². The van der Waals surface area contributed by atoms with Crippen molar-refractivity contribution < 1.29 is 4.79 Å². The smallest absolute Gasteiger partial charge is 0.227 e. The van der Waals surface area contributed by atoms with Crippen LogP contribution in [0.15, 0.2) is 24.3 Å². The van der Waals surface area contributed by atoms with Crippen molar-refractivity contribution in [3.05, 3.63) is 29.8 Å². The maximum Gasteiger partial charge on any atom is 0.227 e. The molecular weight excluding hydrogens is 236 g/mol. The number of nitrogens with one attached hydrogen (secondary N) is 1. The summed E-state index contributed by atoms with van der Waals surface area (Å²) in [5.41, 5.74) is 2.41. The molecule has 0 bridgehead atoms. The second-order valence-corrected chi connectivity index (χ2v) is 5.18. The third kappa shape index (κ3) is 3.35. The van der Waals surface area contributed by atoms with Crippen molar-refractivity contribution in [3.8, 4) is 0 Å². The highest BCUT2D eigenvalue weighted by molar-refractivity contribution is 5.96. The van der Waals surface area contributed by atoms with E-state index in [-0.39, 0.29) is 5.91 Å². The number of para-hydroxylation sites is 1. The van der Waals surface area contributed by atoms with Crippen molar-refractivity contribution in [1.82, 2.24) is 5.32 Å². The Labute approximate surface area is 116 Å². The van der Waals surface area contributed by atoms with Gasteiger partial charge in [0.15, 0.2) is 0 Å². The van der Waals surface area contributed by atoms with Crippen LogP contribution in [0, 0.1) is 0 Å². The van der Waals surface area contributed by atoms with Gasteiger partial charge in [-0.15, -0.1) is 0 Å². The highest BCUT2D eigenvalue weighted by atomic mass is 16.2. The number of anilines is 1. The first kappa shape index (κ1) is 14.1. The van der Waals surface area contributed by atoms with Crippen LogP contribution in [0.3, 0.4) is 0 Å². The molecule has 0 radical (unpaired) electrons. The van der Waals surface area contributed by atoms with Crippen molar-refractivity contribution in [2.24, 2.45) is 0 Å². The lowest BCUT2D eigenvalue weighted by atomic mass is 10.00. The van der Waals surface area contributed by atoms with Crippen LogP contribution >= 0.6 is 0 Å². The number of hydrogen-bond donors (Lipinski definition) is 1. The molecule has 0 aromatic heterocycles. The van der Waals surface area contributed by atoms with E-state index < -0.39 is 0 Å². The van der Waals surface area contributed by atoms with Gasteiger partial charge < -0.3 is 10.2 Å². The molecule has 2 rings (SSSR count). The van der Waals surface area contributed by atoms with Crippen molar-refractivity contribution in [3.63, 3.8) is 0 Å². The van der Waals surface area contributed by atoms with Crippen LogP contribution in [0.4, 0.5) is 5.69 Å². The molecule has 3 heteroatoms. The molecule has 1 aliphatic rings. The Bertz CT molecular complexity index is 425. The standard InChI is InChI=1S/C16H24N2O/c1-3-7-14(17-4-2)12-18-15-9-6-5-8-13(15)10-11-16(18)19/h5-6,8-9,14,17H,3-4,7,10-12H2,1-2H3. The molecule has 0 saturated heterocycles. The third-order valence-electron chi connectivity index (χ3n) is 3.72. The number of benzene rings is 1. The Balaban J connectivity index is 2.15. The molecule has 1 aromatic rings. The van der Waals surface area contributed by atoms with Gasteiger partial charge >= 0.3 is 0 Å². The van der Waals surface area contributed by atoms with Crippen LogP contribution in [-0.4, -0.2) is 25.0 Å². The van der Waals surface area contributed by atoms with Crippen molar-refractivity contribution >= 4 is 11.6 Å². The second kappa shape index (κ2) is 6.71. The summed E-state index contributed by atoms with van der Waals surface area (Å²) >= 11 is 0. The van der Waals surface area contributed by atoms with Crippen LogP contribution in [0.1, 0.15) is 38.7 Å². The van der Waals surface area contributed by atoms with Gasteiger partial charge in [-0.2, -0.15) is 0 Å². The molecule has 1 amide bonds. The van der Waals surface area contributed by atoms with Gasteiger partial charge in [0.25, 0.3) is 0 Å². The zero-order valence-corrected chi connectivity index (χ0v) is 12.0. The number of carbonyl (C=O) groups excluding carboxylic acids is 1. The second-order valence-electron chi connectivity index (χ2n) is 5.18. The number of carbonyl (C=O) groups is 1. The van der Waals surface area contributed by atoms with Gasteiger partial charge in [0.1, 0.15) is 0 Å². The van der Waals surface area contributed by atoms with Crippen molar-refractivity contribution in [1.29, 1.82) is 0 Å². The summed E-state index contributed by atoms with van der Waals surface area (Å²) in [6, 6.07) is 8.68. The SMILES string of the molecule is CCCC(CN1C(=O)CCc2ccccc21)NCC. The van der Waals surface area contributed by atoms with Gasteiger partial charge in [-0.1, -0.05) is 38.5 Å². The fraction of sp³-hybridized carbons (Fsp3) is 0.562. The maximum absolute atomic E-state index is 12.2. The molecule has 104 valence electrons. The van der Waals surface area contributed by atoms with Crippen LogP contribution in [0.5, 0.6) is 0 Å². The van der Waals surface area contributed by atoms with E-state index in [4.69, 9.17) is 0 Å². The largest absolute Gasteiger partial charge is 0.312 e. The number of amides is 1. The number of likely N-dealkylation sites (N-methyl/N-ethyl adjacent to an activating group) is 1. The number of fused-ring (bicyclic) bond motifs is 1. The summed E-state index contributed by atoms with van der Waals surface area (Å²) in [4.78, 5) is 14.2. The zero-order valence-electron chi connectivity index (χ0n) is 12.0. The van der Waals surface area contributed by atoms with Crippen LogP contribution in [0.2, 0.25) is 0 Å². The van der Waals surface area contributed by atoms with E-state index in [0.717, 1.165) is 38.0 Å². The molecule has 0 aliphatic carbocycles. The lowest BCUT2D eigenvalue weighted by molar-refractivity contribution is -0.119. The molecule has 1 atom stereocenters. The molecule has 0 spiro atoms. The average molecular weight is 260 g/mol. The normalized spacial score (nSPS) is 16.3. The Morgan fingerprint density at radius 3 is 2.79 bits per heavy atom. The Morgan fingerprint density at radius 1 is 1.26 bits per heavy atom. The summed E-state index contributed by atoms with van der Waals surface area (Å²) in [6.07, 6.45) is 3.77. The highest BCUT2D eigenvalue weighted by Crippen LogP contribution is 2.27. The Kier molecular flexibility index (Phi) is 4.97. The minimum atomic E-state index is 0.262. The summed E-state index contributed by atoms with van der Waals surface area (Å²) in [7, 11) is 0. The minimum absolute atomic E-state index is 0.262. The number of rotatable bonds is 6. The fourth-order valence-corrected chi connectivity index (χ4v) is 2.81. The summed E-state index contributed by atoms with van der Waals surface area (Å²) < 4.78 is 0. The van der Waals surface area contributed by atoms with E-state index in [2.05, 4.69) is 37.4 Å². The first-order valence-corrected chi connectivity index (χ1v) is 7.37. The predicted octanol–water partition coefficient (Wildman–Crippen LogP) is 2.74. The fourth-order valence-electron chi connectivity index (χ4n) is 2.81. The van der Waals surface area contributed by atoms with Crippen molar-refractivity contribution in [2.75, 3.05) is 18.0 Å². The van der Waals surface area contributed by atoms with E-state index in [0.29, 0.717) is 12.5 Å². The molecular formula is C16H24N2O.